The molecule has 4 heterocycles. The van der Waals surface area contributed by atoms with Crippen molar-refractivity contribution in [1.82, 2.24) is 14.9 Å². The van der Waals surface area contributed by atoms with Crippen molar-refractivity contribution in [2.75, 3.05) is 38.7 Å². The van der Waals surface area contributed by atoms with E-state index in [4.69, 9.17) is 9.72 Å². The van der Waals surface area contributed by atoms with Gasteiger partial charge in [0.25, 0.3) is 0 Å². The van der Waals surface area contributed by atoms with Crippen molar-refractivity contribution in [3.8, 4) is 6.07 Å². The van der Waals surface area contributed by atoms with Crippen LogP contribution in [0.25, 0.3) is 0 Å². The molecule has 3 aliphatic rings. The van der Waals surface area contributed by atoms with E-state index in [0.717, 1.165) is 88.3 Å². The molecule has 2 N–H and O–H groups in total. The summed E-state index contributed by atoms with van der Waals surface area (Å²) in [6.07, 6.45) is 15.3. The van der Waals surface area contributed by atoms with Crippen molar-refractivity contribution < 1.29 is 9.84 Å². The lowest BCUT2D eigenvalue weighted by atomic mass is 9.89. The molecule has 5 rings (SSSR count). The Morgan fingerprint density at radius 1 is 1.07 bits per heavy atom. The summed E-state index contributed by atoms with van der Waals surface area (Å²) in [7, 11) is 1.75. The first-order valence-electron chi connectivity index (χ1n) is 15.3. The summed E-state index contributed by atoms with van der Waals surface area (Å²) in [4.78, 5) is 11.6. The molecule has 7 heteroatoms. The maximum absolute atomic E-state index is 10.3. The first-order chi connectivity index (χ1) is 19.6. The highest BCUT2D eigenvalue weighted by Crippen LogP contribution is 2.38. The van der Waals surface area contributed by atoms with Crippen LogP contribution in [0.1, 0.15) is 111 Å². The van der Waals surface area contributed by atoms with Gasteiger partial charge in [0.15, 0.2) is 0 Å². The van der Waals surface area contributed by atoms with E-state index in [1.165, 1.54) is 49.8 Å². The van der Waals surface area contributed by atoms with Gasteiger partial charge < -0.3 is 15.2 Å². The number of methoxy groups -OCH3 is 1. The molecule has 0 radical (unpaired) electrons. The molecular formula is C33H47N5O2. The maximum atomic E-state index is 10.3. The Kier molecular flexibility index (Phi) is 11.8. The van der Waals surface area contributed by atoms with Crippen molar-refractivity contribution in [3.05, 3.63) is 64.8 Å². The SMILES string of the molecule is C=C(O)C(c1ccc(C#N)nc1C1CCCCCC1)N1CCCC1.COCCCCc1ccc2c(n1)NCCC2. The van der Waals surface area contributed by atoms with Crippen molar-refractivity contribution in [1.29, 1.82) is 5.26 Å². The van der Waals surface area contributed by atoms with E-state index >= 15 is 0 Å². The number of hydrogen-bond acceptors (Lipinski definition) is 7. The van der Waals surface area contributed by atoms with E-state index in [1.54, 1.807) is 13.2 Å². The molecule has 1 aliphatic carbocycles. The van der Waals surface area contributed by atoms with Gasteiger partial charge in [0.05, 0.1) is 11.7 Å². The number of rotatable bonds is 9. The molecular weight excluding hydrogens is 498 g/mol. The molecule has 1 saturated heterocycles. The molecule has 0 aromatic carbocycles. The molecule has 7 nitrogen and oxygen atoms in total. The number of likely N-dealkylation sites (tertiary alicyclic amines) is 1. The fraction of sp³-hybridized carbons (Fsp3) is 0.606. The van der Waals surface area contributed by atoms with Gasteiger partial charge in [-0.3, -0.25) is 4.90 Å². The summed E-state index contributed by atoms with van der Waals surface area (Å²) in [6.45, 7) is 7.72. The number of pyridine rings is 2. The second-order valence-corrected chi connectivity index (χ2v) is 11.4. The molecule has 2 fully saturated rings. The van der Waals surface area contributed by atoms with Crippen LogP contribution in [0.3, 0.4) is 0 Å². The summed E-state index contributed by atoms with van der Waals surface area (Å²) in [5, 5.41) is 22.9. The van der Waals surface area contributed by atoms with Crippen molar-refractivity contribution in [2.24, 2.45) is 0 Å². The Hall–Kier alpha value is -2.95. The fourth-order valence-electron chi connectivity index (χ4n) is 6.31. The smallest absolute Gasteiger partial charge is 0.140 e. The van der Waals surface area contributed by atoms with Crippen LogP contribution in [0.5, 0.6) is 0 Å². The maximum Gasteiger partial charge on any atom is 0.140 e. The Balaban J connectivity index is 0.000000201. The van der Waals surface area contributed by atoms with E-state index < -0.39 is 0 Å². The summed E-state index contributed by atoms with van der Waals surface area (Å²) in [5.41, 5.74) is 5.11. The van der Waals surface area contributed by atoms with E-state index in [0.29, 0.717) is 11.6 Å². The van der Waals surface area contributed by atoms with Crippen LogP contribution in [-0.2, 0) is 17.6 Å². The van der Waals surface area contributed by atoms with Crippen LogP contribution in [-0.4, -0.2) is 53.3 Å². The number of unbranched alkanes of at least 4 members (excludes halogenated alkanes) is 1. The minimum absolute atomic E-state index is 0.189. The Morgan fingerprint density at radius 2 is 1.85 bits per heavy atom. The number of aryl methyl sites for hydroxylation is 2. The van der Waals surface area contributed by atoms with Crippen LogP contribution in [0, 0.1) is 11.3 Å². The van der Waals surface area contributed by atoms with Gasteiger partial charge in [-0.25, -0.2) is 9.97 Å². The topological polar surface area (TPSA) is 94.3 Å². The van der Waals surface area contributed by atoms with E-state index in [1.807, 2.05) is 6.07 Å². The molecule has 40 heavy (non-hydrogen) atoms. The third kappa shape index (κ3) is 8.28. The average molecular weight is 546 g/mol. The number of anilines is 1. The predicted octanol–water partition coefficient (Wildman–Crippen LogP) is 7.01. The van der Waals surface area contributed by atoms with Crippen LogP contribution < -0.4 is 5.32 Å². The Bertz CT molecular complexity index is 1130. The number of aliphatic hydroxyl groups excluding tert-OH is 1. The van der Waals surface area contributed by atoms with Gasteiger partial charge in [-0.1, -0.05) is 44.4 Å². The van der Waals surface area contributed by atoms with E-state index in [9.17, 15) is 10.4 Å². The minimum atomic E-state index is -0.189. The van der Waals surface area contributed by atoms with E-state index in [2.05, 4.69) is 40.0 Å². The second-order valence-electron chi connectivity index (χ2n) is 11.4. The average Bonchev–Trinajstić information content (AvgIpc) is 3.36. The van der Waals surface area contributed by atoms with Crippen molar-refractivity contribution in [2.45, 2.75) is 95.4 Å². The van der Waals surface area contributed by atoms with Gasteiger partial charge >= 0.3 is 0 Å². The molecule has 0 amide bonds. The van der Waals surface area contributed by atoms with Gasteiger partial charge in [0.1, 0.15) is 23.3 Å². The molecule has 2 aliphatic heterocycles. The highest BCUT2D eigenvalue weighted by molar-refractivity contribution is 5.47. The summed E-state index contributed by atoms with van der Waals surface area (Å²) < 4.78 is 5.04. The number of hydrogen-bond donors (Lipinski definition) is 2. The lowest BCUT2D eigenvalue weighted by molar-refractivity contribution is 0.193. The summed E-state index contributed by atoms with van der Waals surface area (Å²) in [6, 6.07) is 10.2. The minimum Gasteiger partial charge on any atom is -0.511 e. The highest BCUT2D eigenvalue weighted by Gasteiger charge is 2.31. The van der Waals surface area contributed by atoms with Gasteiger partial charge in [-0.15, -0.1) is 0 Å². The molecule has 2 aromatic heterocycles. The predicted molar refractivity (Wildman–Crippen MR) is 161 cm³/mol. The zero-order valence-electron chi connectivity index (χ0n) is 24.3. The number of aliphatic hydroxyl groups is 1. The largest absolute Gasteiger partial charge is 0.511 e. The molecule has 2 aromatic rings. The van der Waals surface area contributed by atoms with Crippen molar-refractivity contribution in [3.63, 3.8) is 0 Å². The Labute approximate surface area is 240 Å². The number of nitrogens with one attached hydrogen (secondary N) is 1. The van der Waals surface area contributed by atoms with Gasteiger partial charge in [0.2, 0.25) is 0 Å². The van der Waals surface area contributed by atoms with Crippen LogP contribution in [0.4, 0.5) is 5.82 Å². The van der Waals surface area contributed by atoms with E-state index in [-0.39, 0.29) is 11.8 Å². The zero-order chi connectivity index (χ0) is 28.2. The first-order valence-corrected chi connectivity index (χ1v) is 15.3. The van der Waals surface area contributed by atoms with Crippen LogP contribution in [0.15, 0.2) is 36.6 Å². The number of fused-ring (bicyclic) bond motifs is 1. The lowest BCUT2D eigenvalue weighted by Gasteiger charge is -2.30. The van der Waals surface area contributed by atoms with Gasteiger partial charge in [-0.05, 0) is 94.1 Å². The Morgan fingerprint density at radius 3 is 2.55 bits per heavy atom. The lowest BCUT2D eigenvalue weighted by Crippen LogP contribution is -2.28. The zero-order valence-corrected chi connectivity index (χ0v) is 24.3. The summed E-state index contributed by atoms with van der Waals surface area (Å²) in [5.74, 6) is 1.69. The van der Waals surface area contributed by atoms with Crippen LogP contribution >= 0.6 is 0 Å². The number of ether oxygens (including phenoxy) is 1. The molecule has 216 valence electrons. The monoisotopic (exact) mass is 545 g/mol. The molecule has 1 atom stereocenters. The number of aromatic nitrogens is 2. The third-order valence-corrected chi connectivity index (χ3v) is 8.41. The molecule has 0 spiro atoms. The highest BCUT2D eigenvalue weighted by atomic mass is 16.5. The summed E-state index contributed by atoms with van der Waals surface area (Å²) >= 11 is 0. The van der Waals surface area contributed by atoms with Gasteiger partial charge in [0, 0.05) is 31.9 Å². The first kappa shape index (κ1) is 30.0. The molecule has 1 unspecified atom stereocenters. The quantitative estimate of drug-likeness (QED) is 0.199. The van der Waals surface area contributed by atoms with Gasteiger partial charge in [-0.2, -0.15) is 5.26 Å². The number of nitriles is 1. The fourth-order valence-corrected chi connectivity index (χ4v) is 6.31. The third-order valence-electron chi connectivity index (χ3n) is 8.41. The standard InChI is InChI=1S/C20H27N3O.C13H20N2O/c1-15(24)20(23-12-6-7-13-23)18-11-10-17(14-21)22-19(18)16-8-4-2-3-5-9-16;1-16-10-3-2-6-12-8-7-11-5-4-9-14-13(11)15-12/h10-11,16,20,24H,1-9,12-13H2;7-8H,2-6,9-10H2,1H3,(H,14,15). The van der Waals surface area contributed by atoms with Crippen molar-refractivity contribution >= 4 is 5.82 Å². The van der Waals surface area contributed by atoms with Crippen LogP contribution in [0.2, 0.25) is 0 Å². The second kappa shape index (κ2) is 15.7. The molecule has 0 bridgehead atoms. The normalized spacial score (nSPS) is 18.4. The number of nitrogens with zero attached hydrogens (tertiary/aromatic N) is 4. The molecule has 1 saturated carbocycles.